The maximum Gasteiger partial charge on any atom is 0.174 e. The highest BCUT2D eigenvalue weighted by Gasteiger charge is 2.42. The zero-order valence-corrected chi connectivity index (χ0v) is 19.2. The van der Waals surface area contributed by atoms with Crippen LogP contribution in [0.25, 0.3) is 5.69 Å². The van der Waals surface area contributed by atoms with E-state index in [4.69, 9.17) is 28.6 Å². The number of nitrogens with one attached hydrogen (secondary N) is 1. The third kappa shape index (κ3) is 3.94. The quantitative estimate of drug-likeness (QED) is 0.364. The number of hydrogen-bond donors (Lipinski definition) is 1. The monoisotopic (exact) mass is 478 g/mol. The summed E-state index contributed by atoms with van der Waals surface area (Å²) in [6.07, 6.45) is 3.70. The molecule has 5 nitrogen and oxygen atoms in total. The molecule has 2 atom stereocenters. The van der Waals surface area contributed by atoms with E-state index in [0.29, 0.717) is 5.11 Å². The van der Waals surface area contributed by atoms with Crippen LogP contribution in [0.1, 0.15) is 23.5 Å². The zero-order chi connectivity index (χ0) is 22.9. The van der Waals surface area contributed by atoms with E-state index in [-0.39, 0.29) is 17.1 Å². The first-order chi connectivity index (χ1) is 16.1. The van der Waals surface area contributed by atoms with E-state index >= 15 is 0 Å². The first kappa shape index (κ1) is 21.4. The summed E-state index contributed by atoms with van der Waals surface area (Å²) in [5, 5.41) is 4.09. The van der Waals surface area contributed by atoms with Crippen LogP contribution in [0.2, 0.25) is 5.02 Å². The molecule has 1 fully saturated rings. The summed E-state index contributed by atoms with van der Waals surface area (Å²) in [7, 11) is 1.64. The number of aromatic nitrogens is 2. The minimum atomic E-state index is -0.456. The molecular formula is C25H20ClFN4OS. The summed E-state index contributed by atoms with van der Waals surface area (Å²) in [5.41, 5.74) is 3.45. The Labute approximate surface area is 201 Å². The van der Waals surface area contributed by atoms with E-state index in [1.54, 1.807) is 25.4 Å². The van der Waals surface area contributed by atoms with Gasteiger partial charge in [0.05, 0.1) is 23.9 Å². The zero-order valence-electron chi connectivity index (χ0n) is 17.7. The van der Waals surface area contributed by atoms with E-state index in [2.05, 4.69) is 15.2 Å². The van der Waals surface area contributed by atoms with Crippen LogP contribution in [0.3, 0.4) is 0 Å². The van der Waals surface area contributed by atoms with Crippen molar-refractivity contribution in [2.45, 2.75) is 12.1 Å². The molecule has 1 aliphatic rings. The lowest BCUT2D eigenvalue weighted by Gasteiger charge is -2.29. The summed E-state index contributed by atoms with van der Waals surface area (Å²) in [5.74, 6) is 0.276. The number of nitrogens with zero attached hydrogens (tertiary/aromatic N) is 3. The van der Waals surface area contributed by atoms with Gasteiger partial charge in [-0.15, -0.1) is 0 Å². The van der Waals surface area contributed by atoms with Gasteiger partial charge in [-0.1, -0.05) is 23.7 Å². The van der Waals surface area contributed by atoms with Crippen LogP contribution in [0.5, 0.6) is 5.75 Å². The fourth-order valence-electron chi connectivity index (χ4n) is 4.20. The van der Waals surface area contributed by atoms with E-state index in [9.17, 15) is 4.39 Å². The third-order valence-electron chi connectivity index (χ3n) is 5.69. The number of methoxy groups -OCH3 is 1. The second kappa shape index (κ2) is 8.84. The van der Waals surface area contributed by atoms with E-state index in [1.165, 1.54) is 6.07 Å². The minimum Gasteiger partial charge on any atom is -0.497 e. The Kier molecular flexibility index (Phi) is 5.74. The van der Waals surface area contributed by atoms with Gasteiger partial charge < -0.3 is 19.5 Å². The summed E-state index contributed by atoms with van der Waals surface area (Å²) >= 11 is 11.9. The molecule has 1 aliphatic heterocycles. The number of anilines is 1. The Bertz CT molecular complexity index is 1310. The molecule has 3 heterocycles. The van der Waals surface area contributed by atoms with E-state index in [0.717, 1.165) is 28.5 Å². The highest BCUT2D eigenvalue weighted by atomic mass is 35.5. The number of benzene rings is 2. The van der Waals surface area contributed by atoms with Crippen molar-refractivity contribution in [1.82, 2.24) is 14.9 Å². The molecular weight excluding hydrogens is 459 g/mol. The molecule has 5 rings (SSSR count). The molecule has 0 unspecified atom stereocenters. The number of thiocarbonyl (C=S) groups is 1. The first-order valence-electron chi connectivity index (χ1n) is 10.3. The van der Waals surface area contributed by atoms with Gasteiger partial charge in [-0.05, 0) is 66.8 Å². The average Bonchev–Trinajstić information content (AvgIpc) is 3.45. The van der Waals surface area contributed by atoms with Gasteiger partial charge >= 0.3 is 0 Å². The molecule has 0 amide bonds. The van der Waals surface area contributed by atoms with Gasteiger partial charge in [0.15, 0.2) is 5.11 Å². The molecule has 0 aliphatic carbocycles. The number of hydrogen-bond acceptors (Lipinski definition) is 3. The van der Waals surface area contributed by atoms with Crippen molar-refractivity contribution in [3.63, 3.8) is 0 Å². The first-order valence-corrected chi connectivity index (χ1v) is 11.1. The number of halogens is 2. The largest absolute Gasteiger partial charge is 0.497 e. The normalized spacial score (nSPS) is 17.8. The highest BCUT2D eigenvalue weighted by molar-refractivity contribution is 7.80. The summed E-state index contributed by atoms with van der Waals surface area (Å²) in [6.45, 7) is 0. The molecule has 0 spiro atoms. The Hall–Kier alpha value is -3.42. The second-order valence-electron chi connectivity index (χ2n) is 7.60. The lowest BCUT2D eigenvalue weighted by atomic mass is 10.0. The van der Waals surface area contributed by atoms with Crippen molar-refractivity contribution in [3.05, 3.63) is 107 Å². The SMILES string of the molecule is COc1cccc(N2C(=S)N[C@H](c3ccccn3)[C@H]2c2cccn2-c2ccc(F)c(Cl)c2)c1. The predicted octanol–water partition coefficient (Wildman–Crippen LogP) is 5.85. The van der Waals surface area contributed by atoms with Gasteiger partial charge in [-0.25, -0.2) is 4.39 Å². The molecule has 2 aromatic heterocycles. The number of ether oxygens (including phenoxy) is 1. The predicted molar refractivity (Wildman–Crippen MR) is 132 cm³/mol. The van der Waals surface area contributed by atoms with Crippen molar-refractivity contribution in [2.24, 2.45) is 0 Å². The molecule has 8 heteroatoms. The molecule has 0 saturated carbocycles. The van der Waals surface area contributed by atoms with Crippen LogP contribution in [-0.2, 0) is 0 Å². The molecule has 0 radical (unpaired) electrons. The fourth-order valence-corrected chi connectivity index (χ4v) is 4.72. The van der Waals surface area contributed by atoms with Gasteiger partial charge in [0, 0.05) is 35.5 Å². The van der Waals surface area contributed by atoms with Crippen molar-refractivity contribution in [1.29, 1.82) is 0 Å². The van der Waals surface area contributed by atoms with Gasteiger partial charge in [-0.2, -0.15) is 0 Å². The molecule has 0 bridgehead atoms. The number of rotatable bonds is 5. The molecule has 2 aromatic carbocycles. The van der Waals surface area contributed by atoms with Gasteiger partial charge in [0.1, 0.15) is 17.6 Å². The highest BCUT2D eigenvalue weighted by Crippen LogP contribution is 2.43. The standard InChI is InChI=1S/C25H20ClFN4OS/c1-32-18-7-4-6-17(14-18)31-24(23(29-25(31)33)21-8-2-3-12-28-21)22-9-5-13-30(22)16-10-11-20(27)19(26)15-16/h2-15,23-24H,1H3,(H,29,33)/t23-,24-/m1/s1. The Morgan fingerprint density at radius 1 is 1.03 bits per heavy atom. The van der Waals surface area contributed by atoms with Crippen LogP contribution in [-0.4, -0.2) is 21.8 Å². The number of pyridine rings is 1. The summed E-state index contributed by atoms with van der Waals surface area (Å²) in [4.78, 5) is 6.66. The molecule has 1 N–H and O–H groups in total. The average molecular weight is 479 g/mol. The maximum atomic E-state index is 13.8. The van der Waals surface area contributed by atoms with Gasteiger partial charge in [0.2, 0.25) is 0 Å². The van der Waals surface area contributed by atoms with Crippen LogP contribution in [0.4, 0.5) is 10.1 Å². The minimum absolute atomic E-state index is 0.0677. The lowest BCUT2D eigenvalue weighted by Crippen LogP contribution is -2.30. The summed E-state index contributed by atoms with van der Waals surface area (Å²) < 4.78 is 21.3. The van der Waals surface area contributed by atoms with E-state index < -0.39 is 5.82 Å². The Morgan fingerprint density at radius 3 is 2.67 bits per heavy atom. The van der Waals surface area contributed by atoms with Crippen LogP contribution in [0, 0.1) is 5.82 Å². The topological polar surface area (TPSA) is 42.3 Å². The second-order valence-corrected chi connectivity index (χ2v) is 8.39. The molecule has 33 heavy (non-hydrogen) atoms. The fraction of sp³-hybridized carbons (Fsp3) is 0.120. The van der Waals surface area contributed by atoms with Crippen molar-refractivity contribution in [3.8, 4) is 11.4 Å². The van der Waals surface area contributed by atoms with Gasteiger partial charge in [0.25, 0.3) is 0 Å². The smallest absolute Gasteiger partial charge is 0.174 e. The Morgan fingerprint density at radius 2 is 1.91 bits per heavy atom. The Balaban J connectivity index is 1.67. The van der Waals surface area contributed by atoms with Crippen LogP contribution in [0.15, 0.2) is 85.2 Å². The van der Waals surface area contributed by atoms with Crippen molar-refractivity contribution >= 4 is 34.6 Å². The molecule has 4 aromatic rings. The van der Waals surface area contributed by atoms with E-state index in [1.807, 2.05) is 65.4 Å². The lowest BCUT2D eigenvalue weighted by molar-refractivity contribution is 0.414. The molecule has 166 valence electrons. The van der Waals surface area contributed by atoms with Crippen LogP contribution < -0.4 is 15.0 Å². The summed E-state index contributed by atoms with van der Waals surface area (Å²) in [6, 6.07) is 21.8. The maximum absolute atomic E-state index is 13.8. The van der Waals surface area contributed by atoms with Gasteiger partial charge in [-0.3, -0.25) is 4.98 Å². The van der Waals surface area contributed by atoms with Crippen molar-refractivity contribution < 1.29 is 9.13 Å². The third-order valence-corrected chi connectivity index (χ3v) is 6.30. The molecule has 1 saturated heterocycles. The van der Waals surface area contributed by atoms with Crippen molar-refractivity contribution in [2.75, 3.05) is 12.0 Å². The van der Waals surface area contributed by atoms with Crippen LogP contribution >= 0.6 is 23.8 Å².